The van der Waals surface area contributed by atoms with E-state index in [0.717, 1.165) is 23.0 Å². The van der Waals surface area contributed by atoms with Gasteiger partial charge in [-0.2, -0.15) is 0 Å². The largest absolute Gasteiger partial charge is 0.486 e. The number of hydrogen-bond acceptors (Lipinski definition) is 6. The van der Waals surface area contributed by atoms with Gasteiger partial charge in [-0.05, 0) is 19.1 Å². The second-order valence-corrected chi connectivity index (χ2v) is 5.79. The lowest BCUT2D eigenvalue weighted by molar-refractivity contribution is 0.0937. The van der Waals surface area contributed by atoms with Crippen molar-refractivity contribution in [3.63, 3.8) is 0 Å². The average Bonchev–Trinajstić information content (AvgIpc) is 2.98. The van der Waals surface area contributed by atoms with Crippen LogP contribution in [0.25, 0.3) is 0 Å². The summed E-state index contributed by atoms with van der Waals surface area (Å²) in [6, 6.07) is 8.01. The Bertz CT molecular complexity index is 543. The summed E-state index contributed by atoms with van der Waals surface area (Å²) in [5, 5.41) is 14.8. The van der Waals surface area contributed by atoms with Gasteiger partial charge in [0.15, 0.2) is 0 Å². The van der Waals surface area contributed by atoms with Gasteiger partial charge in [0.1, 0.15) is 17.4 Å². The molecule has 0 spiro atoms. The molecule has 0 aliphatic carbocycles. The monoisotopic (exact) mass is 322 g/mol. The van der Waals surface area contributed by atoms with Crippen molar-refractivity contribution < 1.29 is 14.6 Å². The summed E-state index contributed by atoms with van der Waals surface area (Å²) >= 11 is 1.60. The van der Waals surface area contributed by atoms with Gasteiger partial charge >= 0.3 is 0 Å². The molecule has 5 nitrogen and oxygen atoms in total. The Hall–Kier alpha value is -1.47. The third-order valence-corrected chi connectivity index (χ3v) is 3.82. The molecule has 0 bridgehead atoms. The second-order valence-electron chi connectivity index (χ2n) is 4.85. The van der Waals surface area contributed by atoms with Gasteiger partial charge in [-0.25, -0.2) is 4.98 Å². The van der Waals surface area contributed by atoms with Gasteiger partial charge in [0.05, 0.1) is 25.5 Å². The maximum absolute atomic E-state index is 8.58. The number of aliphatic hydroxyl groups excluding tert-OH is 1. The van der Waals surface area contributed by atoms with Crippen molar-refractivity contribution in [1.29, 1.82) is 0 Å². The standard InChI is InChI=1S/C16H22N2O3S/c1-13-2-4-15(5-3-13)21-11-16-18-14(12-22-16)10-17-6-8-20-9-7-19/h2-5,12,17,19H,6-11H2,1H3. The zero-order valence-corrected chi connectivity index (χ0v) is 13.6. The topological polar surface area (TPSA) is 63.6 Å². The summed E-state index contributed by atoms with van der Waals surface area (Å²) in [4.78, 5) is 4.53. The van der Waals surface area contributed by atoms with E-state index in [4.69, 9.17) is 14.6 Å². The lowest BCUT2D eigenvalue weighted by atomic mass is 10.2. The molecular weight excluding hydrogens is 300 g/mol. The third-order valence-electron chi connectivity index (χ3n) is 2.95. The van der Waals surface area contributed by atoms with E-state index in [1.165, 1.54) is 5.56 Å². The Morgan fingerprint density at radius 1 is 1.23 bits per heavy atom. The van der Waals surface area contributed by atoms with Crippen molar-refractivity contribution in [3.05, 3.63) is 45.9 Å². The molecule has 2 aromatic rings. The first-order valence-corrected chi connectivity index (χ1v) is 8.18. The van der Waals surface area contributed by atoms with Crippen LogP contribution in [0.2, 0.25) is 0 Å². The molecule has 0 saturated heterocycles. The summed E-state index contributed by atoms with van der Waals surface area (Å²) in [6.45, 7) is 5.05. The van der Waals surface area contributed by atoms with E-state index in [9.17, 15) is 0 Å². The first-order valence-electron chi connectivity index (χ1n) is 7.30. The molecule has 0 amide bonds. The van der Waals surface area contributed by atoms with Crippen LogP contribution in [0, 0.1) is 6.92 Å². The molecule has 0 unspecified atom stereocenters. The predicted octanol–water partition coefficient (Wildman–Crippen LogP) is 2.13. The maximum Gasteiger partial charge on any atom is 0.140 e. The van der Waals surface area contributed by atoms with Crippen LogP contribution in [-0.2, 0) is 17.9 Å². The Balaban J connectivity index is 1.66. The molecule has 0 aliphatic rings. The number of aliphatic hydroxyl groups is 1. The van der Waals surface area contributed by atoms with E-state index in [2.05, 4.69) is 17.2 Å². The van der Waals surface area contributed by atoms with E-state index in [1.807, 2.05) is 29.6 Å². The van der Waals surface area contributed by atoms with Crippen LogP contribution in [0.5, 0.6) is 5.75 Å². The molecule has 1 heterocycles. The predicted molar refractivity (Wildman–Crippen MR) is 87.2 cm³/mol. The second kappa shape index (κ2) is 9.53. The number of nitrogens with one attached hydrogen (secondary N) is 1. The maximum atomic E-state index is 8.58. The van der Waals surface area contributed by atoms with Crippen molar-refractivity contribution in [2.75, 3.05) is 26.4 Å². The quantitative estimate of drug-likeness (QED) is 0.656. The van der Waals surface area contributed by atoms with E-state index in [1.54, 1.807) is 11.3 Å². The van der Waals surface area contributed by atoms with Gasteiger partial charge in [0.2, 0.25) is 0 Å². The number of aromatic nitrogens is 1. The minimum absolute atomic E-state index is 0.0659. The fourth-order valence-electron chi connectivity index (χ4n) is 1.80. The average molecular weight is 322 g/mol. The number of ether oxygens (including phenoxy) is 2. The number of nitrogens with zero attached hydrogens (tertiary/aromatic N) is 1. The molecular formula is C16H22N2O3S. The van der Waals surface area contributed by atoms with Crippen molar-refractivity contribution in [2.45, 2.75) is 20.1 Å². The molecule has 22 heavy (non-hydrogen) atoms. The van der Waals surface area contributed by atoms with Crippen LogP contribution < -0.4 is 10.1 Å². The number of rotatable bonds is 10. The van der Waals surface area contributed by atoms with E-state index >= 15 is 0 Å². The first kappa shape index (κ1) is 16.9. The minimum Gasteiger partial charge on any atom is -0.486 e. The van der Waals surface area contributed by atoms with Crippen LogP contribution in [0.1, 0.15) is 16.3 Å². The smallest absolute Gasteiger partial charge is 0.140 e. The van der Waals surface area contributed by atoms with Crippen molar-refractivity contribution in [3.8, 4) is 5.75 Å². The third kappa shape index (κ3) is 6.11. The zero-order chi connectivity index (χ0) is 15.6. The van der Waals surface area contributed by atoms with Crippen LogP contribution >= 0.6 is 11.3 Å². The van der Waals surface area contributed by atoms with Crippen LogP contribution in [0.4, 0.5) is 0 Å². The molecule has 0 radical (unpaired) electrons. The molecule has 1 aromatic carbocycles. The number of benzene rings is 1. The van der Waals surface area contributed by atoms with Crippen LogP contribution in [-0.4, -0.2) is 36.5 Å². The summed E-state index contributed by atoms with van der Waals surface area (Å²) in [5.41, 5.74) is 2.23. The Morgan fingerprint density at radius 2 is 2.05 bits per heavy atom. The number of thiazole rings is 1. The molecule has 2 N–H and O–H groups in total. The van der Waals surface area contributed by atoms with Crippen molar-refractivity contribution in [2.24, 2.45) is 0 Å². The summed E-state index contributed by atoms with van der Waals surface area (Å²) in [7, 11) is 0. The van der Waals surface area contributed by atoms with E-state index in [0.29, 0.717) is 26.4 Å². The Morgan fingerprint density at radius 3 is 2.82 bits per heavy atom. The molecule has 0 atom stereocenters. The minimum atomic E-state index is 0.0659. The fourth-order valence-corrected chi connectivity index (χ4v) is 2.51. The first-order chi connectivity index (χ1) is 10.8. The lowest BCUT2D eigenvalue weighted by Gasteiger charge is -2.04. The summed E-state index contributed by atoms with van der Waals surface area (Å²) in [5.74, 6) is 0.863. The van der Waals surface area contributed by atoms with Crippen LogP contribution in [0.15, 0.2) is 29.6 Å². The normalized spacial score (nSPS) is 10.8. The summed E-state index contributed by atoms with van der Waals surface area (Å²) < 4.78 is 10.9. The highest BCUT2D eigenvalue weighted by molar-refractivity contribution is 7.09. The number of hydrogen-bond donors (Lipinski definition) is 2. The SMILES string of the molecule is Cc1ccc(OCc2nc(CNCCOCCO)cs2)cc1. The van der Waals surface area contributed by atoms with E-state index in [-0.39, 0.29) is 6.61 Å². The van der Waals surface area contributed by atoms with Crippen molar-refractivity contribution >= 4 is 11.3 Å². The molecule has 2 rings (SSSR count). The zero-order valence-electron chi connectivity index (χ0n) is 12.7. The highest BCUT2D eigenvalue weighted by Crippen LogP contribution is 2.16. The number of aryl methyl sites for hydroxylation is 1. The van der Waals surface area contributed by atoms with Crippen LogP contribution in [0.3, 0.4) is 0 Å². The van der Waals surface area contributed by atoms with Gasteiger partial charge in [0.25, 0.3) is 0 Å². The fraction of sp³-hybridized carbons (Fsp3) is 0.438. The van der Waals surface area contributed by atoms with Gasteiger partial charge in [0, 0.05) is 18.5 Å². The molecule has 0 saturated carbocycles. The molecule has 120 valence electrons. The lowest BCUT2D eigenvalue weighted by Crippen LogP contribution is -2.20. The Labute approximate surface area is 134 Å². The molecule has 0 fully saturated rings. The van der Waals surface area contributed by atoms with Gasteiger partial charge in [-0.15, -0.1) is 11.3 Å². The van der Waals surface area contributed by atoms with Gasteiger partial charge < -0.3 is 19.9 Å². The van der Waals surface area contributed by atoms with Gasteiger partial charge in [-0.1, -0.05) is 17.7 Å². The molecule has 0 aliphatic heterocycles. The van der Waals surface area contributed by atoms with Gasteiger partial charge in [-0.3, -0.25) is 0 Å². The Kier molecular flexibility index (Phi) is 7.32. The van der Waals surface area contributed by atoms with Crippen molar-refractivity contribution in [1.82, 2.24) is 10.3 Å². The molecule has 6 heteroatoms. The molecule has 1 aromatic heterocycles. The summed E-state index contributed by atoms with van der Waals surface area (Å²) in [6.07, 6.45) is 0. The van der Waals surface area contributed by atoms with E-state index < -0.39 is 0 Å². The highest BCUT2D eigenvalue weighted by Gasteiger charge is 2.03. The highest BCUT2D eigenvalue weighted by atomic mass is 32.1.